The second-order valence-electron chi connectivity index (χ2n) is 6.93. The highest BCUT2D eigenvalue weighted by Gasteiger charge is 2.35. The first-order chi connectivity index (χ1) is 14.7. The molecule has 0 radical (unpaired) electrons. The van der Waals surface area contributed by atoms with Crippen molar-refractivity contribution < 1.29 is 19.0 Å². The lowest BCUT2D eigenvalue weighted by atomic mass is 10.0. The van der Waals surface area contributed by atoms with Gasteiger partial charge in [-0.15, -0.1) is 0 Å². The Morgan fingerprint density at radius 1 is 0.833 bits per heavy atom. The van der Waals surface area contributed by atoms with Crippen LogP contribution in [-0.2, 0) is 6.54 Å². The molecular formula is C24H24N2O4. The Kier molecular flexibility index (Phi) is 5.48. The van der Waals surface area contributed by atoms with E-state index in [4.69, 9.17) is 14.2 Å². The molecule has 1 atom stereocenters. The maximum absolute atomic E-state index is 13.5. The van der Waals surface area contributed by atoms with E-state index in [0.29, 0.717) is 29.4 Å². The van der Waals surface area contributed by atoms with Crippen LogP contribution in [-0.4, -0.2) is 32.1 Å². The summed E-state index contributed by atoms with van der Waals surface area (Å²) < 4.78 is 16.7. The van der Waals surface area contributed by atoms with Crippen molar-refractivity contribution in [1.82, 2.24) is 4.90 Å². The van der Waals surface area contributed by atoms with Crippen molar-refractivity contribution in [3.05, 3.63) is 83.4 Å². The molecule has 30 heavy (non-hydrogen) atoms. The summed E-state index contributed by atoms with van der Waals surface area (Å²) >= 11 is 0. The monoisotopic (exact) mass is 404 g/mol. The first-order valence-electron chi connectivity index (χ1n) is 9.67. The van der Waals surface area contributed by atoms with Gasteiger partial charge in [0.15, 0.2) is 11.5 Å². The lowest BCUT2D eigenvalue weighted by molar-refractivity contribution is 0.0664. The Balaban J connectivity index is 1.84. The van der Waals surface area contributed by atoms with Crippen molar-refractivity contribution in [1.29, 1.82) is 0 Å². The summed E-state index contributed by atoms with van der Waals surface area (Å²) in [5.41, 5.74) is 3.25. The molecule has 1 amide bonds. The van der Waals surface area contributed by atoms with Crippen LogP contribution < -0.4 is 19.5 Å². The van der Waals surface area contributed by atoms with E-state index < -0.39 is 6.17 Å². The third kappa shape index (κ3) is 3.41. The molecule has 0 unspecified atom stereocenters. The lowest BCUT2D eigenvalue weighted by Gasteiger charge is -2.39. The van der Waals surface area contributed by atoms with Crippen molar-refractivity contribution in [2.75, 3.05) is 26.6 Å². The van der Waals surface area contributed by atoms with Gasteiger partial charge in [0.2, 0.25) is 5.75 Å². The van der Waals surface area contributed by atoms with Gasteiger partial charge in [0.25, 0.3) is 5.91 Å². The molecule has 1 aliphatic heterocycles. The number of anilines is 1. The summed E-state index contributed by atoms with van der Waals surface area (Å²) in [6, 6.07) is 21.2. The molecule has 154 valence electrons. The van der Waals surface area contributed by atoms with E-state index in [2.05, 4.69) is 5.32 Å². The summed E-state index contributed by atoms with van der Waals surface area (Å²) in [5.74, 6) is 1.54. The molecule has 3 aromatic rings. The van der Waals surface area contributed by atoms with Gasteiger partial charge in [-0.2, -0.15) is 0 Å². The summed E-state index contributed by atoms with van der Waals surface area (Å²) in [4.78, 5) is 15.3. The van der Waals surface area contributed by atoms with Crippen LogP contribution in [0.2, 0.25) is 0 Å². The van der Waals surface area contributed by atoms with Gasteiger partial charge in [-0.3, -0.25) is 4.79 Å². The number of hydrogen-bond acceptors (Lipinski definition) is 5. The summed E-state index contributed by atoms with van der Waals surface area (Å²) in [7, 11) is 4.73. The van der Waals surface area contributed by atoms with Gasteiger partial charge in [0, 0.05) is 17.8 Å². The fourth-order valence-electron chi connectivity index (χ4n) is 3.82. The number of methoxy groups -OCH3 is 3. The third-order valence-electron chi connectivity index (χ3n) is 5.25. The molecule has 4 rings (SSSR count). The minimum Gasteiger partial charge on any atom is -0.493 e. The first kappa shape index (κ1) is 19.6. The average Bonchev–Trinajstić information content (AvgIpc) is 2.80. The Morgan fingerprint density at radius 2 is 1.53 bits per heavy atom. The van der Waals surface area contributed by atoms with E-state index in [0.717, 1.165) is 16.8 Å². The molecule has 6 heteroatoms. The second-order valence-corrected chi connectivity index (χ2v) is 6.93. The molecule has 3 aromatic carbocycles. The van der Waals surface area contributed by atoms with Gasteiger partial charge < -0.3 is 24.4 Å². The molecule has 1 heterocycles. The fraction of sp³-hybridized carbons (Fsp3) is 0.208. The Bertz CT molecular complexity index is 1050. The fourth-order valence-corrected chi connectivity index (χ4v) is 3.82. The molecule has 0 aromatic heterocycles. The van der Waals surface area contributed by atoms with Crippen LogP contribution >= 0.6 is 0 Å². The normalized spacial score (nSPS) is 15.2. The Hall–Kier alpha value is -3.67. The molecule has 0 fully saturated rings. The minimum atomic E-state index is -0.442. The Morgan fingerprint density at radius 3 is 2.23 bits per heavy atom. The molecule has 1 aliphatic rings. The lowest BCUT2D eigenvalue weighted by Crippen LogP contribution is -2.42. The highest BCUT2D eigenvalue weighted by atomic mass is 16.5. The van der Waals surface area contributed by atoms with Crippen LogP contribution in [0.4, 0.5) is 5.69 Å². The average molecular weight is 404 g/mol. The van der Waals surface area contributed by atoms with Crippen molar-refractivity contribution in [2.45, 2.75) is 12.7 Å². The molecule has 0 saturated heterocycles. The SMILES string of the molecule is COc1ccc([C@H]2Nc3ccccc3C(=O)N2Cc2ccccc2)c(OC)c1OC. The zero-order valence-corrected chi connectivity index (χ0v) is 17.2. The Labute approximate surface area is 176 Å². The van der Waals surface area contributed by atoms with Crippen LogP contribution in [0.1, 0.15) is 27.7 Å². The van der Waals surface area contributed by atoms with Gasteiger partial charge >= 0.3 is 0 Å². The van der Waals surface area contributed by atoms with Gasteiger partial charge in [-0.05, 0) is 29.8 Å². The number of amides is 1. The summed E-state index contributed by atoms with van der Waals surface area (Å²) in [6.45, 7) is 0.448. The number of rotatable bonds is 6. The molecule has 0 spiro atoms. The largest absolute Gasteiger partial charge is 0.493 e. The number of carbonyl (C=O) groups excluding carboxylic acids is 1. The van der Waals surface area contributed by atoms with Gasteiger partial charge in [-0.25, -0.2) is 0 Å². The quantitative estimate of drug-likeness (QED) is 0.656. The number of nitrogens with one attached hydrogen (secondary N) is 1. The molecule has 0 bridgehead atoms. The number of para-hydroxylation sites is 1. The molecule has 0 saturated carbocycles. The summed E-state index contributed by atoms with van der Waals surface area (Å²) in [5, 5.41) is 3.51. The van der Waals surface area contributed by atoms with Gasteiger partial charge in [0.05, 0.1) is 26.9 Å². The molecule has 0 aliphatic carbocycles. The zero-order valence-electron chi connectivity index (χ0n) is 17.2. The topological polar surface area (TPSA) is 60.0 Å². The maximum Gasteiger partial charge on any atom is 0.258 e. The molecule has 1 N–H and O–H groups in total. The van der Waals surface area contributed by atoms with E-state index in [1.165, 1.54) is 0 Å². The predicted octanol–water partition coefficient (Wildman–Crippen LogP) is 4.48. The van der Waals surface area contributed by atoms with Crippen molar-refractivity contribution in [2.24, 2.45) is 0 Å². The van der Waals surface area contributed by atoms with E-state index in [1.54, 1.807) is 26.2 Å². The van der Waals surface area contributed by atoms with E-state index >= 15 is 0 Å². The minimum absolute atomic E-state index is 0.0463. The molecule has 6 nitrogen and oxygen atoms in total. The van der Waals surface area contributed by atoms with E-state index in [9.17, 15) is 4.79 Å². The first-order valence-corrected chi connectivity index (χ1v) is 9.67. The van der Waals surface area contributed by atoms with Crippen molar-refractivity contribution in [3.63, 3.8) is 0 Å². The van der Waals surface area contributed by atoms with Crippen molar-refractivity contribution in [3.8, 4) is 17.2 Å². The van der Waals surface area contributed by atoms with Crippen LogP contribution in [0.25, 0.3) is 0 Å². The van der Waals surface area contributed by atoms with Crippen LogP contribution in [0.15, 0.2) is 66.7 Å². The van der Waals surface area contributed by atoms with Crippen LogP contribution in [0, 0.1) is 0 Å². The van der Waals surface area contributed by atoms with E-state index in [-0.39, 0.29) is 5.91 Å². The third-order valence-corrected chi connectivity index (χ3v) is 5.25. The second kappa shape index (κ2) is 8.37. The highest BCUT2D eigenvalue weighted by molar-refractivity contribution is 6.01. The van der Waals surface area contributed by atoms with E-state index in [1.807, 2.05) is 66.7 Å². The predicted molar refractivity (Wildman–Crippen MR) is 115 cm³/mol. The van der Waals surface area contributed by atoms with Crippen LogP contribution in [0.3, 0.4) is 0 Å². The van der Waals surface area contributed by atoms with Gasteiger partial charge in [0.1, 0.15) is 6.17 Å². The number of nitrogens with zero attached hydrogens (tertiary/aromatic N) is 1. The smallest absolute Gasteiger partial charge is 0.258 e. The number of hydrogen-bond donors (Lipinski definition) is 1. The number of fused-ring (bicyclic) bond motifs is 1. The number of carbonyl (C=O) groups is 1. The van der Waals surface area contributed by atoms with Crippen molar-refractivity contribution >= 4 is 11.6 Å². The van der Waals surface area contributed by atoms with Crippen LogP contribution in [0.5, 0.6) is 17.2 Å². The highest BCUT2D eigenvalue weighted by Crippen LogP contribution is 2.45. The zero-order chi connectivity index (χ0) is 21.1. The molecular weight excluding hydrogens is 380 g/mol. The maximum atomic E-state index is 13.5. The summed E-state index contributed by atoms with van der Waals surface area (Å²) in [6.07, 6.45) is -0.442. The number of benzene rings is 3. The van der Waals surface area contributed by atoms with Gasteiger partial charge in [-0.1, -0.05) is 42.5 Å². The standard InChI is InChI=1S/C24H24N2O4/c1-28-20-14-13-18(21(29-2)22(20)30-3)23-25-19-12-8-7-11-17(19)24(27)26(23)15-16-9-5-4-6-10-16/h4-14,23,25H,15H2,1-3H3/t23-/m0/s1. The number of ether oxygens (including phenoxy) is 3.